The second-order valence-corrected chi connectivity index (χ2v) is 5.04. The van der Waals surface area contributed by atoms with Gasteiger partial charge in [-0.15, -0.1) is 0 Å². The normalized spacial score (nSPS) is 27.8. The van der Waals surface area contributed by atoms with Crippen LogP contribution in [-0.4, -0.2) is 28.4 Å². The molecular formula is C15H17NO2. The molecule has 1 aromatic heterocycles. The van der Waals surface area contributed by atoms with Gasteiger partial charge in [-0.1, -0.05) is 24.3 Å². The summed E-state index contributed by atoms with van der Waals surface area (Å²) in [7, 11) is 0. The first-order valence-electron chi connectivity index (χ1n) is 6.36. The molecule has 1 fully saturated rings. The number of nitrogens with zero attached hydrogens (tertiary/aromatic N) is 1. The summed E-state index contributed by atoms with van der Waals surface area (Å²) < 4.78 is 5.45. The summed E-state index contributed by atoms with van der Waals surface area (Å²) in [6.45, 7) is 2.55. The second kappa shape index (κ2) is 4.34. The van der Waals surface area contributed by atoms with Gasteiger partial charge in [0.15, 0.2) is 0 Å². The van der Waals surface area contributed by atoms with Crippen LogP contribution in [0.4, 0.5) is 0 Å². The van der Waals surface area contributed by atoms with Gasteiger partial charge in [0.1, 0.15) is 0 Å². The van der Waals surface area contributed by atoms with Crippen LogP contribution in [0.1, 0.15) is 19.0 Å². The topological polar surface area (TPSA) is 42.4 Å². The Bertz CT molecular complexity index is 569. The minimum atomic E-state index is -0.768. The van der Waals surface area contributed by atoms with Gasteiger partial charge in [0.05, 0.1) is 17.2 Å². The first kappa shape index (κ1) is 11.6. The molecule has 0 bridgehead atoms. The molecule has 2 heterocycles. The Morgan fingerprint density at radius 3 is 2.94 bits per heavy atom. The van der Waals surface area contributed by atoms with Crippen molar-refractivity contribution in [2.75, 3.05) is 6.61 Å². The number of rotatable bonds is 2. The second-order valence-electron chi connectivity index (χ2n) is 5.04. The average Bonchev–Trinajstić information content (AvgIpc) is 2.69. The molecule has 18 heavy (non-hydrogen) atoms. The van der Waals surface area contributed by atoms with Crippen molar-refractivity contribution in [2.45, 2.75) is 31.5 Å². The van der Waals surface area contributed by atoms with Crippen LogP contribution >= 0.6 is 0 Å². The number of pyridine rings is 1. The van der Waals surface area contributed by atoms with E-state index >= 15 is 0 Å². The summed E-state index contributed by atoms with van der Waals surface area (Å²) in [4.78, 5) is 4.60. The summed E-state index contributed by atoms with van der Waals surface area (Å²) in [6, 6.07) is 12.1. The third-order valence-electron chi connectivity index (χ3n) is 3.80. The highest BCUT2D eigenvalue weighted by atomic mass is 16.5. The van der Waals surface area contributed by atoms with Crippen LogP contribution in [0.2, 0.25) is 0 Å². The third kappa shape index (κ3) is 2.00. The van der Waals surface area contributed by atoms with Gasteiger partial charge in [-0.25, -0.2) is 0 Å². The Balaban J connectivity index is 1.91. The number of fused-ring (bicyclic) bond motifs is 1. The van der Waals surface area contributed by atoms with E-state index in [0.29, 0.717) is 19.4 Å². The SMILES string of the molecule is CC1OCCC1(O)Cc1ccc2ccccc2n1. The molecule has 1 aliphatic rings. The van der Waals surface area contributed by atoms with Crippen molar-refractivity contribution in [3.8, 4) is 0 Å². The molecule has 3 nitrogen and oxygen atoms in total. The van der Waals surface area contributed by atoms with Gasteiger partial charge in [-0.05, 0) is 19.1 Å². The van der Waals surface area contributed by atoms with Gasteiger partial charge in [-0.2, -0.15) is 0 Å². The number of ether oxygens (including phenoxy) is 1. The van der Waals surface area contributed by atoms with Crippen molar-refractivity contribution in [3.05, 3.63) is 42.1 Å². The van der Waals surface area contributed by atoms with Crippen LogP contribution in [0.15, 0.2) is 36.4 Å². The van der Waals surface area contributed by atoms with Crippen molar-refractivity contribution in [1.82, 2.24) is 4.98 Å². The lowest BCUT2D eigenvalue weighted by atomic mass is 9.91. The highest BCUT2D eigenvalue weighted by Gasteiger charge is 2.39. The first-order chi connectivity index (χ1) is 8.67. The Hall–Kier alpha value is -1.45. The molecule has 2 atom stereocenters. The number of aromatic nitrogens is 1. The van der Waals surface area contributed by atoms with Crippen LogP contribution in [0.3, 0.4) is 0 Å². The molecule has 1 aliphatic heterocycles. The fourth-order valence-electron chi connectivity index (χ4n) is 2.52. The Morgan fingerprint density at radius 1 is 1.33 bits per heavy atom. The largest absolute Gasteiger partial charge is 0.387 e. The van der Waals surface area contributed by atoms with Gasteiger partial charge in [0, 0.05) is 30.5 Å². The lowest BCUT2D eigenvalue weighted by Gasteiger charge is -2.25. The number of para-hydroxylation sites is 1. The molecule has 0 saturated carbocycles. The van der Waals surface area contributed by atoms with E-state index in [1.54, 1.807) is 0 Å². The van der Waals surface area contributed by atoms with Gasteiger partial charge >= 0.3 is 0 Å². The third-order valence-corrected chi connectivity index (χ3v) is 3.80. The van der Waals surface area contributed by atoms with Crippen molar-refractivity contribution < 1.29 is 9.84 Å². The van der Waals surface area contributed by atoms with Gasteiger partial charge in [0.2, 0.25) is 0 Å². The van der Waals surface area contributed by atoms with E-state index in [0.717, 1.165) is 16.6 Å². The molecule has 1 N–H and O–H groups in total. The number of hydrogen-bond donors (Lipinski definition) is 1. The van der Waals surface area contributed by atoms with Crippen LogP contribution < -0.4 is 0 Å². The number of aliphatic hydroxyl groups is 1. The maximum atomic E-state index is 10.5. The molecule has 2 aromatic rings. The molecule has 0 aliphatic carbocycles. The zero-order chi connectivity index (χ0) is 12.6. The van der Waals surface area contributed by atoms with E-state index in [4.69, 9.17) is 4.74 Å². The van der Waals surface area contributed by atoms with E-state index in [2.05, 4.69) is 11.1 Å². The molecular weight excluding hydrogens is 226 g/mol. The first-order valence-corrected chi connectivity index (χ1v) is 6.36. The number of benzene rings is 1. The Morgan fingerprint density at radius 2 is 2.17 bits per heavy atom. The molecule has 2 unspecified atom stereocenters. The average molecular weight is 243 g/mol. The van der Waals surface area contributed by atoms with E-state index in [9.17, 15) is 5.11 Å². The highest BCUT2D eigenvalue weighted by molar-refractivity contribution is 5.78. The summed E-state index contributed by atoms with van der Waals surface area (Å²) >= 11 is 0. The van der Waals surface area contributed by atoms with Crippen molar-refractivity contribution in [2.24, 2.45) is 0 Å². The fraction of sp³-hybridized carbons (Fsp3) is 0.400. The quantitative estimate of drug-likeness (QED) is 0.880. The molecule has 1 aromatic carbocycles. The standard InChI is InChI=1S/C15H17NO2/c1-11-15(17,8-9-18-11)10-13-7-6-12-4-2-3-5-14(12)16-13/h2-7,11,17H,8-10H2,1H3. The summed E-state index contributed by atoms with van der Waals surface area (Å²) in [5, 5.41) is 11.6. The van der Waals surface area contributed by atoms with Crippen molar-refractivity contribution in [3.63, 3.8) is 0 Å². The van der Waals surface area contributed by atoms with Crippen LogP contribution in [0.5, 0.6) is 0 Å². The number of hydrogen-bond acceptors (Lipinski definition) is 3. The molecule has 3 heteroatoms. The Kier molecular flexibility index (Phi) is 2.80. The molecule has 0 spiro atoms. The van der Waals surface area contributed by atoms with E-state index < -0.39 is 5.60 Å². The summed E-state index contributed by atoms with van der Waals surface area (Å²) in [6.07, 6.45) is 1.12. The van der Waals surface area contributed by atoms with Crippen LogP contribution in [-0.2, 0) is 11.2 Å². The van der Waals surface area contributed by atoms with E-state index in [1.807, 2.05) is 37.3 Å². The summed E-state index contributed by atoms with van der Waals surface area (Å²) in [5.41, 5.74) is 1.13. The maximum absolute atomic E-state index is 10.5. The molecule has 3 rings (SSSR count). The Labute approximate surface area is 106 Å². The fourth-order valence-corrected chi connectivity index (χ4v) is 2.52. The lowest BCUT2D eigenvalue weighted by molar-refractivity contribution is -0.0274. The smallest absolute Gasteiger partial charge is 0.0982 e. The predicted octanol–water partition coefficient (Wildman–Crippen LogP) is 2.32. The van der Waals surface area contributed by atoms with Gasteiger partial charge in [0.25, 0.3) is 0 Å². The molecule has 94 valence electrons. The zero-order valence-corrected chi connectivity index (χ0v) is 10.5. The molecule has 0 amide bonds. The van der Waals surface area contributed by atoms with Crippen molar-refractivity contribution in [1.29, 1.82) is 0 Å². The predicted molar refractivity (Wildman–Crippen MR) is 70.4 cm³/mol. The lowest BCUT2D eigenvalue weighted by Crippen LogP contribution is -2.38. The van der Waals surface area contributed by atoms with Crippen molar-refractivity contribution >= 4 is 10.9 Å². The molecule has 0 radical (unpaired) electrons. The van der Waals surface area contributed by atoms with E-state index in [1.165, 1.54) is 0 Å². The minimum absolute atomic E-state index is 0.120. The minimum Gasteiger partial charge on any atom is -0.387 e. The van der Waals surface area contributed by atoms with Crippen LogP contribution in [0.25, 0.3) is 10.9 Å². The zero-order valence-electron chi connectivity index (χ0n) is 10.5. The van der Waals surface area contributed by atoms with Gasteiger partial charge in [-0.3, -0.25) is 4.98 Å². The summed E-state index contributed by atoms with van der Waals surface area (Å²) in [5.74, 6) is 0. The van der Waals surface area contributed by atoms with E-state index in [-0.39, 0.29) is 6.10 Å². The molecule has 1 saturated heterocycles. The monoisotopic (exact) mass is 243 g/mol. The van der Waals surface area contributed by atoms with Gasteiger partial charge < -0.3 is 9.84 Å². The highest BCUT2D eigenvalue weighted by Crippen LogP contribution is 2.29. The maximum Gasteiger partial charge on any atom is 0.0982 e. The van der Waals surface area contributed by atoms with Crippen LogP contribution in [0, 0.1) is 0 Å².